The van der Waals surface area contributed by atoms with Crippen molar-refractivity contribution in [2.45, 2.75) is 37.8 Å². The zero-order chi connectivity index (χ0) is 27.3. The standard InChI is InChI=1S/C31H40N4O4/c36-28-10-12-30(13-11-28)39-23-29(37)22-32-18-14-25-6-8-26(9-7-25)34-27-16-20-35(21-17-27)31(38)33-19-15-24-4-2-1-3-5-24/h1-13,27,29,32,34,36-37H,14-23H2,(H,33,38)/t29-/m0/s1. The van der Waals surface area contributed by atoms with Gasteiger partial charge in [-0.2, -0.15) is 0 Å². The minimum Gasteiger partial charge on any atom is -0.508 e. The van der Waals surface area contributed by atoms with Crippen molar-refractivity contribution in [2.24, 2.45) is 0 Å². The number of piperidine rings is 1. The van der Waals surface area contributed by atoms with Gasteiger partial charge in [0.25, 0.3) is 0 Å². The molecule has 39 heavy (non-hydrogen) atoms. The molecule has 5 N–H and O–H groups in total. The summed E-state index contributed by atoms with van der Waals surface area (Å²) in [7, 11) is 0. The number of nitrogens with zero attached hydrogens (tertiary/aromatic N) is 1. The number of aromatic hydroxyl groups is 1. The Balaban J connectivity index is 1.06. The lowest BCUT2D eigenvalue weighted by Gasteiger charge is -2.33. The topological polar surface area (TPSA) is 106 Å². The van der Waals surface area contributed by atoms with Crippen molar-refractivity contribution in [2.75, 3.05) is 44.6 Å². The monoisotopic (exact) mass is 532 g/mol. The maximum Gasteiger partial charge on any atom is 0.317 e. The smallest absolute Gasteiger partial charge is 0.317 e. The largest absolute Gasteiger partial charge is 0.508 e. The third kappa shape index (κ3) is 9.81. The van der Waals surface area contributed by atoms with Gasteiger partial charge in [0.15, 0.2) is 0 Å². The Kier molecular flexibility index (Phi) is 10.9. The number of carbonyl (C=O) groups is 1. The Hall–Kier alpha value is -3.75. The second-order valence-electron chi connectivity index (χ2n) is 9.98. The fraction of sp³-hybridized carbons (Fsp3) is 0.387. The molecule has 0 unspecified atom stereocenters. The second kappa shape index (κ2) is 15.0. The van der Waals surface area contributed by atoms with Crippen LogP contribution in [0.15, 0.2) is 78.9 Å². The molecule has 1 heterocycles. The molecule has 2 amide bonds. The Morgan fingerprint density at radius 2 is 1.56 bits per heavy atom. The summed E-state index contributed by atoms with van der Waals surface area (Å²) >= 11 is 0. The summed E-state index contributed by atoms with van der Waals surface area (Å²) in [6, 6.07) is 25.5. The number of anilines is 1. The van der Waals surface area contributed by atoms with Gasteiger partial charge in [-0.15, -0.1) is 0 Å². The summed E-state index contributed by atoms with van der Waals surface area (Å²) in [6.45, 7) is 3.56. The number of ether oxygens (including phenoxy) is 1. The second-order valence-corrected chi connectivity index (χ2v) is 9.98. The van der Waals surface area contributed by atoms with Crippen LogP contribution in [0.5, 0.6) is 11.5 Å². The van der Waals surface area contributed by atoms with E-state index in [1.807, 2.05) is 23.1 Å². The third-order valence-corrected chi connectivity index (χ3v) is 6.89. The van der Waals surface area contributed by atoms with Crippen molar-refractivity contribution in [3.63, 3.8) is 0 Å². The van der Waals surface area contributed by atoms with Crippen LogP contribution in [0.4, 0.5) is 10.5 Å². The van der Waals surface area contributed by atoms with Crippen LogP contribution in [0.3, 0.4) is 0 Å². The number of benzene rings is 3. The van der Waals surface area contributed by atoms with Gasteiger partial charge in [-0.25, -0.2) is 4.79 Å². The van der Waals surface area contributed by atoms with Gasteiger partial charge >= 0.3 is 6.03 Å². The molecule has 0 spiro atoms. The predicted molar refractivity (Wildman–Crippen MR) is 154 cm³/mol. The number of carbonyl (C=O) groups excluding carboxylic acids is 1. The van der Waals surface area contributed by atoms with Gasteiger partial charge in [-0.1, -0.05) is 42.5 Å². The number of amides is 2. The van der Waals surface area contributed by atoms with Gasteiger partial charge in [0.05, 0.1) is 0 Å². The summed E-state index contributed by atoms with van der Waals surface area (Å²) < 4.78 is 5.53. The quantitative estimate of drug-likeness (QED) is 0.215. The molecule has 0 aliphatic carbocycles. The van der Waals surface area contributed by atoms with Crippen LogP contribution < -0.4 is 20.7 Å². The van der Waals surface area contributed by atoms with Gasteiger partial charge < -0.3 is 35.8 Å². The van der Waals surface area contributed by atoms with Crippen molar-refractivity contribution < 1.29 is 19.7 Å². The highest BCUT2D eigenvalue weighted by molar-refractivity contribution is 5.74. The lowest BCUT2D eigenvalue weighted by molar-refractivity contribution is 0.106. The molecule has 1 fully saturated rings. The predicted octanol–water partition coefficient (Wildman–Crippen LogP) is 3.79. The SMILES string of the molecule is O=C(NCCc1ccccc1)N1CCC(Nc2ccc(CCNC[C@H](O)COc3ccc(O)cc3)cc2)CC1. The van der Waals surface area contributed by atoms with Crippen LogP contribution in [-0.2, 0) is 12.8 Å². The summed E-state index contributed by atoms with van der Waals surface area (Å²) in [6.07, 6.45) is 2.95. The van der Waals surface area contributed by atoms with Crippen molar-refractivity contribution in [1.82, 2.24) is 15.5 Å². The first-order valence-corrected chi connectivity index (χ1v) is 13.8. The zero-order valence-corrected chi connectivity index (χ0v) is 22.4. The molecule has 1 aliphatic heterocycles. The van der Waals surface area contributed by atoms with Crippen molar-refractivity contribution in [1.29, 1.82) is 0 Å². The van der Waals surface area contributed by atoms with E-state index in [2.05, 4.69) is 52.3 Å². The summed E-state index contributed by atoms with van der Waals surface area (Å²) in [4.78, 5) is 14.4. The Morgan fingerprint density at radius 3 is 2.28 bits per heavy atom. The summed E-state index contributed by atoms with van der Waals surface area (Å²) in [5.74, 6) is 0.802. The minimum absolute atomic E-state index is 0.0275. The van der Waals surface area contributed by atoms with E-state index in [1.165, 1.54) is 11.1 Å². The van der Waals surface area contributed by atoms with Gasteiger partial charge in [0.1, 0.15) is 24.2 Å². The molecule has 0 bridgehead atoms. The average molecular weight is 533 g/mol. The molecule has 3 aromatic carbocycles. The number of hydrogen-bond acceptors (Lipinski definition) is 6. The van der Waals surface area contributed by atoms with Crippen LogP contribution in [0, 0.1) is 0 Å². The number of hydrogen-bond donors (Lipinski definition) is 5. The molecular formula is C31H40N4O4. The summed E-state index contributed by atoms with van der Waals surface area (Å²) in [5.41, 5.74) is 3.55. The number of likely N-dealkylation sites (tertiary alicyclic amines) is 1. The number of phenolic OH excluding ortho intramolecular Hbond substituents is 1. The fourth-order valence-corrected chi connectivity index (χ4v) is 4.60. The number of nitrogens with one attached hydrogen (secondary N) is 3. The van der Waals surface area contributed by atoms with E-state index in [9.17, 15) is 15.0 Å². The lowest BCUT2D eigenvalue weighted by atomic mass is 10.0. The van der Waals surface area contributed by atoms with Gasteiger partial charge in [-0.05, 0) is 79.8 Å². The van der Waals surface area contributed by atoms with Crippen LogP contribution >= 0.6 is 0 Å². The number of aliphatic hydroxyl groups is 1. The highest BCUT2D eigenvalue weighted by atomic mass is 16.5. The third-order valence-electron chi connectivity index (χ3n) is 6.89. The van der Waals surface area contributed by atoms with E-state index in [4.69, 9.17) is 4.74 Å². The molecule has 3 aromatic rings. The fourth-order valence-electron chi connectivity index (χ4n) is 4.60. The first-order chi connectivity index (χ1) is 19.0. The summed E-state index contributed by atoms with van der Waals surface area (Å²) in [5, 5.41) is 29.3. The first-order valence-electron chi connectivity index (χ1n) is 13.8. The van der Waals surface area contributed by atoms with Gasteiger partial charge in [-0.3, -0.25) is 0 Å². The number of urea groups is 1. The minimum atomic E-state index is -0.614. The maximum absolute atomic E-state index is 12.5. The molecule has 1 saturated heterocycles. The molecule has 1 aliphatic rings. The molecule has 0 aromatic heterocycles. The molecule has 8 heteroatoms. The van der Waals surface area contributed by atoms with Crippen LogP contribution in [-0.4, -0.2) is 72.6 Å². The normalized spacial score (nSPS) is 14.5. The van der Waals surface area contributed by atoms with Crippen molar-refractivity contribution in [3.05, 3.63) is 90.0 Å². The number of aliphatic hydroxyl groups excluding tert-OH is 1. The molecule has 0 saturated carbocycles. The van der Waals surface area contributed by atoms with E-state index in [0.717, 1.165) is 51.0 Å². The molecule has 1 atom stereocenters. The Bertz CT molecular complexity index is 1120. The highest BCUT2D eigenvalue weighted by Gasteiger charge is 2.22. The van der Waals surface area contributed by atoms with Gasteiger partial charge in [0, 0.05) is 37.9 Å². The van der Waals surface area contributed by atoms with E-state index in [0.29, 0.717) is 24.9 Å². The Labute approximate surface area is 231 Å². The number of phenols is 1. The molecule has 8 nitrogen and oxygen atoms in total. The van der Waals surface area contributed by atoms with Crippen molar-refractivity contribution >= 4 is 11.7 Å². The Morgan fingerprint density at radius 1 is 0.897 bits per heavy atom. The van der Waals surface area contributed by atoms with Crippen LogP contribution in [0.25, 0.3) is 0 Å². The van der Waals surface area contributed by atoms with E-state index < -0.39 is 6.10 Å². The van der Waals surface area contributed by atoms with Crippen LogP contribution in [0.1, 0.15) is 24.0 Å². The molecule has 208 valence electrons. The van der Waals surface area contributed by atoms with Crippen molar-refractivity contribution in [3.8, 4) is 11.5 Å². The lowest BCUT2D eigenvalue weighted by Crippen LogP contribution is -2.47. The molecular weight excluding hydrogens is 492 g/mol. The van der Waals surface area contributed by atoms with E-state index in [1.54, 1.807) is 24.3 Å². The van der Waals surface area contributed by atoms with Crippen LogP contribution in [0.2, 0.25) is 0 Å². The maximum atomic E-state index is 12.5. The molecule has 0 radical (unpaired) electrons. The number of rotatable bonds is 13. The van der Waals surface area contributed by atoms with E-state index >= 15 is 0 Å². The average Bonchev–Trinajstić information content (AvgIpc) is 2.97. The van der Waals surface area contributed by atoms with Gasteiger partial charge in [0.2, 0.25) is 0 Å². The molecule has 4 rings (SSSR count). The highest BCUT2D eigenvalue weighted by Crippen LogP contribution is 2.18. The first kappa shape index (κ1) is 28.3. The zero-order valence-electron chi connectivity index (χ0n) is 22.4. The van der Waals surface area contributed by atoms with E-state index in [-0.39, 0.29) is 18.4 Å².